The molecule has 1 aromatic rings. The first kappa shape index (κ1) is 14.9. The highest BCUT2D eigenvalue weighted by Crippen LogP contribution is 2.25. The lowest BCUT2D eigenvalue weighted by Gasteiger charge is -2.20. The fourth-order valence-electron chi connectivity index (χ4n) is 2.40. The number of primary amides is 1. The highest BCUT2D eigenvalue weighted by atomic mass is 32.2. The van der Waals surface area contributed by atoms with E-state index in [0.717, 1.165) is 36.3 Å². The Labute approximate surface area is 123 Å². The minimum absolute atomic E-state index is 0.127. The number of nitrogens with two attached hydrogens (primary N) is 1. The SMILES string of the molecule is NC(=O)CSc1ccc(NC(=O)C2CCCCC2)cc1. The van der Waals surface area contributed by atoms with Crippen molar-refractivity contribution >= 4 is 29.3 Å². The van der Waals surface area contributed by atoms with Crippen molar-refractivity contribution in [1.29, 1.82) is 0 Å². The van der Waals surface area contributed by atoms with Gasteiger partial charge in [-0.3, -0.25) is 9.59 Å². The Morgan fingerprint density at radius 3 is 2.40 bits per heavy atom. The highest BCUT2D eigenvalue weighted by molar-refractivity contribution is 8.00. The third kappa shape index (κ3) is 4.56. The molecule has 0 spiro atoms. The molecule has 20 heavy (non-hydrogen) atoms. The van der Waals surface area contributed by atoms with Gasteiger partial charge < -0.3 is 11.1 Å². The second kappa shape index (κ2) is 7.33. The minimum atomic E-state index is -0.329. The average Bonchev–Trinajstić information content (AvgIpc) is 2.47. The fraction of sp³-hybridized carbons (Fsp3) is 0.467. The number of hydrogen-bond acceptors (Lipinski definition) is 3. The summed E-state index contributed by atoms with van der Waals surface area (Å²) in [6, 6.07) is 7.52. The summed E-state index contributed by atoms with van der Waals surface area (Å²) in [6.45, 7) is 0. The van der Waals surface area contributed by atoms with Gasteiger partial charge in [-0.1, -0.05) is 19.3 Å². The van der Waals surface area contributed by atoms with Crippen LogP contribution in [0.2, 0.25) is 0 Å². The van der Waals surface area contributed by atoms with E-state index in [1.54, 1.807) is 0 Å². The van der Waals surface area contributed by atoms with Gasteiger partial charge in [0.25, 0.3) is 0 Å². The largest absolute Gasteiger partial charge is 0.369 e. The third-order valence-electron chi connectivity index (χ3n) is 3.48. The van der Waals surface area contributed by atoms with Crippen molar-refractivity contribution in [2.75, 3.05) is 11.1 Å². The lowest BCUT2D eigenvalue weighted by molar-refractivity contribution is -0.120. The fourth-order valence-corrected chi connectivity index (χ4v) is 3.04. The van der Waals surface area contributed by atoms with Gasteiger partial charge in [0.05, 0.1) is 5.75 Å². The standard InChI is InChI=1S/C15H20N2O2S/c16-14(18)10-20-13-8-6-12(7-9-13)17-15(19)11-4-2-1-3-5-11/h6-9,11H,1-5,10H2,(H2,16,18)(H,17,19). The van der Waals surface area contributed by atoms with Crippen LogP contribution in [-0.4, -0.2) is 17.6 Å². The molecule has 5 heteroatoms. The topological polar surface area (TPSA) is 72.2 Å². The summed E-state index contributed by atoms with van der Waals surface area (Å²) < 4.78 is 0. The number of nitrogens with one attached hydrogen (secondary N) is 1. The summed E-state index contributed by atoms with van der Waals surface area (Å²) in [7, 11) is 0. The molecule has 0 radical (unpaired) electrons. The van der Waals surface area contributed by atoms with Gasteiger partial charge in [-0.15, -0.1) is 11.8 Å². The molecule has 0 saturated heterocycles. The van der Waals surface area contributed by atoms with E-state index in [-0.39, 0.29) is 23.5 Å². The quantitative estimate of drug-likeness (QED) is 0.820. The van der Waals surface area contributed by atoms with Crippen LogP contribution in [0.4, 0.5) is 5.69 Å². The van der Waals surface area contributed by atoms with Gasteiger partial charge >= 0.3 is 0 Å². The van der Waals surface area contributed by atoms with Crippen LogP contribution in [0.1, 0.15) is 32.1 Å². The zero-order valence-electron chi connectivity index (χ0n) is 11.4. The number of hydrogen-bond donors (Lipinski definition) is 2. The Balaban J connectivity index is 1.86. The van der Waals surface area contributed by atoms with Crippen molar-refractivity contribution < 1.29 is 9.59 Å². The molecular weight excluding hydrogens is 272 g/mol. The molecule has 1 aliphatic rings. The first-order valence-corrected chi connectivity index (χ1v) is 7.96. The van der Waals surface area contributed by atoms with Crippen molar-refractivity contribution in [1.82, 2.24) is 0 Å². The van der Waals surface area contributed by atoms with Crippen LogP contribution in [0, 0.1) is 5.92 Å². The van der Waals surface area contributed by atoms with E-state index >= 15 is 0 Å². The van der Waals surface area contributed by atoms with Crippen molar-refractivity contribution in [3.05, 3.63) is 24.3 Å². The first-order chi connectivity index (χ1) is 9.65. The van der Waals surface area contributed by atoms with Crippen molar-refractivity contribution in [2.45, 2.75) is 37.0 Å². The Morgan fingerprint density at radius 1 is 1.15 bits per heavy atom. The van der Waals surface area contributed by atoms with Crippen LogP contribution in [0.25, 0.3) is 0 Å². The zero-order valence-corrected chi connectivity index (χ0v) is 12.2. The van der Waals surface area contributed by atoms with Gasteiger partial charge in [0, 0.05) is 16.5 Å². The summed E-state index contributed by atoms with van der Waals surface area (Å²) in [5.41, 5.74) is 5.91. The molecule has 0 bridgehead atoms. The maximum atomic E-state index is 12.1. The van der Waals surface area contributed by atoms with E-state index < -0.39 is 0 Å². The van der Waals surface area contributed by atoms with Crippen LogP contribution in [0.15, 0.2) is 29.2 Å². The first-order valence-electron chi connectivity index (χ1n) is 6.97. The van der Waals surface area contributed by atoms with Crippen LogP contribution in [0.3, 0.4) is 0 Å². The van der Waals surface area contributed by atoms with Crippen LogP contribution >= 0.6 is 11.8 Å². The van der Waals surface area contributed by atoms with E-state index in [1.165, 1.54) is 18.2 Å². The number of benzene rings is 1. The third-order valence-corrected chi connectivity index (χ3v) is 4.51. The second-order valence-electron chi connectivity index (χ2n) is 5.10. The maximum absolute atomic E-state index is 12.1. The van der Waals surface area contributed by atoms with Crippen LogP contribution < -0.4 is 11.1 Å². The van der Waals surface area contributed by atoms with Gasteiger partial charge in [-0.25, -0.2) is 0 Å². The predicted octanol–water partition coefficient (Wildman–Crippen LogP) is 2.78. The zero-order chi connectivity index (χ0) is 14.4. The molecule has 0 atom stereocenters. The maximum Gasteiger partial charge on any atom is 0.227 e. The summed E-state index contributed by atoms with van der Waals surface area (Å²) in [6.07, 6.45) is 5.55. The number of anilines is 1. The lowest BCUT2D eigenvalue weighted by Crippen LogP contribution is -2.24. The van der Waals surface area contributed by atoms with Gasteiger partial charge in [-0.2, -0.15) is 0 Å². The van der Waals surface area contributed by atoms with Crippen LogP contribution in [-0.2, 0) is 9.59 Å². The molecule has 108 valence electrons. The van der Waals surface area contributed by atoms with E-state index in [9.17, 15) is 9.59 Å². The smallest absolute Gasteiger partial charge is 0.227 e. The molecule has 1 fully saturated rings. The molecule has 0 unspecified atom stereocenters. The number of amides is 2. The Hall–Kier alpha value is -1.49. The molecule has 0 aromatic heterocycles. The molecule has 2 amide bonds. The number of carbonyl (C=O) groups is 2. The average molecular weight is 292 g/mol. The van der Waals surface area contributed by atoms with Crippen molar-refractivity contribution in [2.24, 2.45) is 11.7 Å². The monoisotopic (exact) mass is 292 g/mol. The Bertz CT molecular complexity index is 467. The number of carbonyl (C=O) groups excluding carboxylic acids is 2. The molecule has 1 saturated carbocycles. The van der Waals surface area contributed by atoms with Gasteiger partial charge in [0.1, 0.15) is 0 Å². The van der Waals surface area contributed by atoms with Crippen molar-refractivity contribution in [3.8, 4) is 0 Å². The summed E-state index contributed by atoms with van der Waals surface area (Å²) in [5, 5.41) is 2.96. The molecular formula is C15H20N2O2S. The molecule has 3 N–H and O–H groups in total. The summed E-state index contributed by atoms with van der Waals surface area (Å²) in [4.78, 5) is 23.8. The lowest BCUT2D eigenvalue weighted by atomic mass is 9.88. The highest BCUT2D eigenvalue weighted by Gasteiger charge is 2.20. The Kier molecular flexibility index (Phi) is 5.47. The normalized spacial score (nSPS) is 15.8. The minimum Gasteiger partial charge on any atom is -0.369 e. The molecule has 1 aromatic carbocycles. The molecule has 0 heterocycles. The molecule has 0 aliphatic heterocycles. The van der Waals surface area contributed by atoms with E-state index in [2.05, 4.69) is 5.32 Å². The van der Waals surface area contributed by atoms with Crippen LogP contribution in [0.5, 0.6) is 0 Å². The molecule has 4 nitrogen and oxygen atoms in total. The van der Waals surface area contributed by atoms with Crippen molar-refractivity contribution in [3.63, 3.8) is 0 Å². The Morgan fingerprint density at radius 2 is 1.80 bits per heavy atom. The van der Waals surface area contributed by atoms with Gasteiger partial charge in [0.15, 0.2) is 0 Å². The van der Waals surface area contributed by atoms with Gasteiger partial charge in [0.2, 0.25) is 11.8 Å². The molecule has 2 rings (SSSR count). The van der Waals surface area contributed by atoms with E-state index in [0.29, 0.717) is 0 Å². The summed E-state index contributed by atoms with van der Waals surface area (Å²) in [5.74, 6) is 0.230. The number of rotatable bonds is 5. The number of thioether (sulfide) groups is 1. The molecule has 1 aliphatic carbocycles. The van der Waals surface area contributed by atoms with Gasteiger partial charge in [-0.05, 0) is 37.1 Å². The predicted molar refractivity (Wildman–Crippen MR) is 81.6 cm³/mol. The summed E-state index contributed by atoms with van der Waals surface area (Å²) >= 11 is 1.40. The van der Waals surface area contributed by atoms with E-state index in [1.807, 2.05) is 24.3 Å². The van der Waals surface area contributed by atoms with E-state index in [4.69, 9.17) is 5.73 Å². The second-order valence-corrected chi connectivity index (χ2v) is 6.15.